The molecular formula is C14H16ClN3O3. The zero-order valence-corrected chi connectivity index (χ0v) is 12.6. The highest BCUT2D eigenvalue weighted by Gasteiger charge is 2.33. The highest BCUT2D eigenvalue weighted by molar-refractivity contribution is 6.30. The minimum absolute atomic E-state index is 0.0644. The van der Waals surface area contributed by atoms with Gasteiger partial charge in [-0.15, -0.1) is 0 Å². The van der Waals surface area contributed by atoms with E-state index in [0.29, 0.717) is 35.7 Å². The maximum atomic E-state index is 5.96. The van der Waals surface area contributed by atoms with Crippen molar-refractivity contribution in [3.8, 4) is 17.1 Å². The molecule has 1 fully saturated rings. The van der Waals surface area contributed by atoms with Crippen LogP contribution in [0.15, 0.2) is 22.7 Å². The first-order chi connectivity index (χ1) is 10.2. The number of ether oxygens (including phenoxy) is 2. The molecule has 2 atom stereocenters. The predicted molar refractivity (Wildman–Crippen MR) is 77.7 cm³/mol. The summed E-state index contributed by atoms with van der Waals surface area (Å²) in [6.07, 6.45) is 0. The standard InChI is InChI=1S/C14H16ClN3O3/c1-16-11-7-20-6-10(11)14-17-13(18-21-14)9-4-3-8(15)5-12(9)19-2/h3-5,10-11,16H,6-7H2,1-2H3. The molecule has 112 valence electrons. The number of hydrogen-bond acceptors (Lipinski definition) is 6. The fraction of sp³-hybridized carbons (Fsp3) is 0.429. The van der Waals surface area contributed by atoms with Crippen molar-refractivity contribution < 1.29 is 14.0 Å². The monoisotopic (exact) mass is 309 g/mol. The van der Waals surface area contributed by atoms with Gasteiger partial charge < -0.3 is 19.3 Å². The van der Waals surface area contributed by atoms with Crippen molar-refractivity contribution >= 4 is 11.6 Å². The number of halogens is 1. The van der Waals surface area contributed by atoms with Crippen LogP contribution in [-0.2, 0) is 4.74 Å². The lowest BCUT2D eigenvalue weighted by molar-refractivity contribution is 0.185. The maximum Gasteiger partial charge on any atom is 0.234 e. The van der Waals surface area contributed by atoms with Crippen LogP contribution in [0.4, 0.5) is 0 Å². The molecule has 0 aliphatic carbocycles. The SMILES string of the molecule is CNC1COCC1c1nc(-c2ccc(Cl)cc2OC)no1. The van der Waals surface area contributed by atoms with Gasteiger partial charge in [-0.25, -0.2) is 0 Å². The summed E-state index contributed by atoms with van der Waals surface area (Å²) >= 11 is 5.96. The van der Waals surface area contributed by atoms with Crippen LogP contribution in [0.1, 0.15) is 11.8 Å². The van der Waals surface area contributed by atoms with Crippen molar-refractivity contribution in [3.63, 3.8) is 0 Å². The summed E-state index contributed by atoms with van der Waals surface area (Å²) in [5.41, 5.74) is 0.747. The lowest BCUT2D eigenvalue weighted by Gasteiger charge is -2.11. The van der Waals surface area contributed by atoms with Crippen molar-refractivity contribution in [2.24, 2.45) is 0 Å². The number of hydrogen-bond donors (Lipinski definition) is 1. The summed E-state index contributed by atoms with van der Waals surface area (Å²) in [5, 5.41) is 7.84. The quantitative estimate of drug-likeness (QED) is 0.932. The van der Waals surface area contributed by atoms with Gasteiger partial charge in [-0.2, -0.15) is 4.98 Å². The Morgan fingerprint density at radius 2 is 2.24 bits per heavy atom. The fourth-order valence-electron chi connectivity index (χ4n) is 2.43. The smallest absolute Gasteiger partial charge is 0.234 e. The normalized spacial score (nSPS) is 21.7. The van der Waals surface area contributed by atoms with Crippen LogP contribution in [0.5, 0.6) is 5.75 Å². The Labute approximate surface area is 127 Å². The average molecular weight is 310 g/mol. The molecule has 0 amide bonds. The maximum absolute atomic E-state index is 5.96. The lowest BCUT2D eigenvalue weighted by Crippen LogP contribution is -2.31. The first-order valence-electron chi connectivity index (χ1n) is 6.65. The molecule has 7 heteroatoms. The van der Waals surface area contributed by atoms with E-state index in [9.17, 15) is 0 Å². The second kappa shape index (κ2) is 6.01. The van der Waals surface area contributed by atoms with E-state index in [0.717, 1.165) is 5.56 Å². The van der Waals surface area contributed by atoms with Crippen LogP contribution in [-0.4, -0.2) is 43.6 Å². The molecule has 0 radical (unpaired) electrons. The molecule has 2 unspecified atom stereocenters. The molecule has 2 heterocycles. The van der Waals surface area contributed by atoms with Gasteiger partial charge in [0, 0.05) is 11.1 Å². The largest absolute Gasteiger partial charge is 0.496 e. The number of rotatable bonds is 4. The summed E-state index contributed by atoms with van der Waals surface area (Å²) in [4.78, 5) is 4.48. The molecule has 21 heavy (non-hydrogen) atoms. The second-order valence-electron chi connectivity index (χ2n) is 4.84. The van der Waals surface area contributed by atoms with Crippen LogP contribution in [0, 0.1) is 0 Å². The Morgan fingerprint density at radius 3 is 3.00 bits per heavy atom. The van der Waals surface area contributed by atoms with E-state index in [1.54, 1.807) is 19.2 Å². The Bertz CT molecular complexity index is 632. The first kappa shape index (κ1) is 14.3. The molecule has 1 aromatic carbocycles. The summed E-state index contributed by atoms with van der Waals surface area (Å²) in [5.74, 6) is 1.73. The molecule has 1 aromatic heterocycles. The predicted octanol–water partition coefficient (Wildman–Crippen LogP) is 2.10. The summed E-state index contributed by atoms with van der Waals surface area (Å²) < 4.78 is 16.2. The van der Waals surface area contributed by atoms with Gasteiger partial charge in [0.15, 0.2) is 0 Å². The average Bonchev–Trinajstić information content (AvgIpc) is 3.15. The number of nitrogens with zero attached hydrogens (tertiary/aromatic N) is 2. The van der Waals surface area contributed by atoms with E-state index < -0.39 is 0 Å². The van der Waals surface area contributed by atoms with Crippen LogP contribution in [0.25, 0.3) is 11.4 Å². The van der Waals surface area contributed by atoms with Crippen LogP contribution < -0.4 is 10.1 Å². The minimum Gasteiger partial charge on any atom is -0.496 e. The van der Waals surface area contributed by atoms with Crippen LogP contribution in [0.2, 0.25) is 5.02 Å². The third-order valence-corrected chi connectivity index (χ3v) is 3.85. The van der Waals surface area contributed by atoms with Gasteiger partial charge in [0.05, 0.1) is 31.8 Å². The highest BCUT2D eigenvalue weighted by Crippen LogP contribution is 2.32. The third kappa shape index (κ3) is 2.74. The number of aromatic nitrogens is 2. The van der Waals surface area contributed by atoms with Gasteiger partial charge >= 0.3 is 0 Å². The number of methoxy groups -OCH3 is 1. The van der Waals surface area contributed by atoms with E-state index in [2.05, 4.69) is 15.5 Å². The zero-order chi connectivity index (χ0) is 14.8. The Kier molecular flexibility index (Phi) is 4.10. The summed E-state index contributed by atoms with van der Waals surface area (Å²) in [6.45, 7) is 1.22. The molecule has 0 spiro atoms. The molecule has 0 saturated carbocycles. The number of nitrogens with one attached hydrogen (secondary N) is 1. The van der Waals surface area contributed by atoms with Gasteiger partial charge in [-0.1, -0.05) is 16.8 Å². The van der Waals surface area contributed by atoms with Crippen LogP contribution in [0.3, 0.4) is 0 Å². The van der Waals surface area contributed by atoms with Gasteiger partial charge in [-0.05, 0) is 25.2 Å². The molecule has 1 saturated heterocycles. The fourth-order valence-corrected chi connectivity index (χ4v) is 2.59. The minimum atomic E-state index is 0.0644. The number of likely N-dealkylation sites (N-methyl/N-ethyl adjacent to an activating group) is 1. The molecule has 1 aliphatic heterocycles. The van der Waals surface area contributed by atoms with Gasteiger partial charge in [0.25, 0.3) is 0 Å². The topological polar surface area (TPSA) is 69.4 Å². The van der Waals surface area contributed by atoms with E-state index in [1.165, 1.54) is 0 Å². The first-order valence-corrected chi connectivity index (χ1v) is 7.03. The highest BCUT2D eigenvalue weighted by atomic mass is 35.5. The molecule has 1 N–H and O–H groups in total. The van der Waals surface area contributed by atoms with Crippen molar-refractivity contribution in [3.05, 3.63) is 29.1 Å². The van der Waals surface area contributed by atoms with Crippen LogP contribution >= 0.6 is 11.6 Å². The molecule has 0 bridgehead atoms. The summed E-state index contributed by atoms with van der Waals surface area (Å²) in [6, 6.07) is 5.49. The molecule has 6 nitrogen and oxygen atoms in total. The van der Waals surface area contributed by atoms with Gasteiger partial charge in [0.2, 0.25) is 11.7 Å². The van der Waals surface area contributed by atoms with E-state index in [4.69, 9.17) is 25.6 Å². The number of benzene rings is 1. The zero-order valence-electron chi connectivity index (χ0n) is 11.8. The van der Waals surface area contributed by atoms with E-state index in [1.807, 2.05) is 13.1 Å². The Balaban J connectivity index is 1.91. The van der Waals surface area contributed by atoms with Crippen molar-refractivity contribution in [2.75, 3.05) is 27.4 Å². The molecule has 1 aliphatic rings. The Morgan fingerprint density at radius 1 is 1.38 bits per heavy atom. The van der Waals surface area contributed by atoms with Gasteiger partial charge in [0.1, 0.15) is 5.75 Å². The third-order valence-electron chi connectivity index (χ3n) is 3.61. The molecule has 3 rings (SSSR count). The summed E-state index contributed by atoms with van der Waals surface area (Å²) in [7, 11) is 3.48. The van der Waals surface area contributed by atoms with E-state index >= 15 is 0 Å². The second-order valence-corrected chi connectivity index (χ2v) is 5.28. The molecular weight excluding hydrogens is 294 g/mol. The van der Waals surface area contributed by atoms with Crippen molar-refractivity contribution in [1.82, 2.24) is 15.5 Å². The van der Waals surface area contributed by atoms with Crippen molar-refractivity contribution in [1.29, 1.82) is 0 Å². The van der Waals surface area contributed by atoms with E-state index in [-0.39, 0.29) is 12.0 Å². The Hall–Kier alpha value is -1.63. The lowest BCUT2D eigenvalue weighted by atomic mass is 10.0. The van der Waals surface area contributed by atoms with Crippen molar-refractivity contribution in [2.45, 2.75) is 12.0 Å². The van der Waals surface area contributed by atoms with Gasteiger partial charge in [-0.3, -0.25) is 0 Å². The molecule has 2 aromatic rings.